The highest BCUT2D eigenvalue weighted by Gasteiger charge is 2.38. The van der Waals surface area contributed by atoms with E-state index in [1.807, 2.05) is 6.92 Å². The third-order valence-electron chi connectivity index (χ3n) is 4.05. The fourth-order valence-electron chi connectivity index (χ4n) is 2.77. The lowest BCUT2D eigenvalue weighted by molar-refractivity contribution is -0.140. The average molecular weight is 419 g/mol. The molecule has 0 radical (unpaired) electrons. The average Bonchev–Trinajstić information content (AvgIpc) is 2.71. The number of hydrogen-bond acceptors (Lipinski definition) is 7. The number of carbonyl (C=O) groups is 2. The molecular formula is C21H23ClN2O5. The number of halogens is 1. The topological polar surface area (TPSA) is 86.2 Å². The Hall–Kier alpha value is -2.82. The summed E-state index contributed by atoms with van der Waals surface area (Å²) in [6, 6.07) is 6.89. The van der Waals surface area contributed by atoms with E-state index >= 15 is 0 Å². The third kappa shape index (κ3) is 5.83. The first-order valence-electron chi connectivity index (χ1n) is 9.15. The largest absolute Gasteiger partial charge is 0.460 e. The van der Waals surface area contributed by atoms with Crippen LogP contribution < -0.4 is 5.43 Å². The first-order valence-corrected chi connectivity index (χ1v) is 9.53. The Morgan fingerprint density at radius 1 is 1.21 bits per heavy atom. The standard InChI is InChI=1S/C21H23ClN2O5/c1-4-10-27-12-13-29-20(25)17-14(3)23-24-19(21(26)28-11-5-2)18(17)15-8-6-7-9-16(15)22/h2,6-9,18,23H,4,10-13H2,1,3H3. The lowest BCUT2D eigenvalue weighted by atomic mass is 9.84. The van der Waals surface area contributed by atoms with Crippen molar-refractivity contribution in [1.29, 1.82) is 0 Å². The van der Waals surface area contributed by atoms with Crippen molar-refractivity contribution in [3.8, 4) is 12.3 Å². The highest BCUT2D eigenvalue weighted by Crippen LogP contribution is 2.35. The second-order valence-corrected chi connectivity index (χ2v) is 6.54. The van der Waals surface area contributed by atoms with Crippen molar-refractivity contribution >= 4 is 29.3 Å². The maximum Gasteiger partial charge on any atom is 0.356 e. The monoisotopic (exact) mass is 418 g/mol. The van der Waals surface area contributed by atoms with Crippen LogP contribution in [0.4, 0.5) is 0 Å². The molecule has 1 unspecified atom stereocenters. The molecular weight excluding hydrogens is 396 g/mol. The molecule has 0 bridgehead atoms. The quantitative estimate of drug-likeness (QED) is 0.377. The van der Waals surface area contributed by atoms with Crippen LogP contribution >= 0.6 is 11.6 Å². The van der Waals surface area contributed by atoms with E-state index in [0.29, 0.717) is 22.9 Å². The molecule has 8 heteroatoms. The SMILES string of the molecule is C#CCOC(=O)C1=NNC(C)=C(C(=O)OCCOCCC)C1c1ccccc1Cl. The van der Waals surface area contributed by atoms with E-state index in [1.54, 1.807) is 31.2 Å². The minimum atomic E-state index is -0.862. The van der Waals surface area contributed by atoms with Gasteiger partial charge in [-0.2, -0.15) is 5.10 Å². The van der Waals surface area contributed by atoms with Gasteiger partial charge in [0.15, 0.2) is 12.3 Å². The van der Waals surface area contributed by atoms with Crippen LogP contribution in [0.5, 0.6) is 0 Å². The van der Waals surface area contributed by atoms with Crippen LogP contribution in [-0.2, 0) is 23.8 Å². The number of carbonyl (C=O) groups excluding carboxylic acids is 2. The third-order valence-corrected chi connectivity index (χ3v) is 4.40. The Morgan fingerprint density at radius 2 is 1.97 bits per heavy atom. The molecule has 7 nitrogen and oxygen atoms in total. The van der Waals surface area contributed by atoms with E-state index in [9.17, 15) is 9.59 Å². The minimum absolute atomic E-state index is 0.0341. The molecule has 0 saturated heterocycles. The number of nitrogens with zero attached hydrogens (tertiary/aromatic N) is 1. The van der Waals surface area contributed by atoms with Crippen molar-refractivity contribution < 1.29 is 23.8 Å². The molecule has 1 aromatic carbocycles. The van der Waals surface area contributed by atoms with Crippen LogP contribution in [-0.4, -0.2) is 44.1 Å². The highest BCUT2D eigenvalue weighted by molar-refractivity contribution is 6.41. The number of hydrogen-bond donors (Lipinski definition) is 1. The Kier molecular flexibility index (Phi) is 8.71. The van der Waals surface area contributed by atoms with Gasteiger partial charge in [-0.25, -0.2) is 9.59 Å². The molecule has 0 aromatic heterocycles. The molecule has 0 spiro atoms. The molecule has 1 atom stereocenters. The number of allylic oxidation sites excluding steroid dienone is 1. The highest BCUT2D eigenvalue weighted by atomic mass is 35.5. The number of rotatable bonds is 9. The summed E-state index contributed by atoms with van der Waals surface area (Å²) < 4.78 is 15.7. The van der Waals surface area contributed by atoms with Crippen LogP contribution in [0.3, 0.4) is 0 Å². The molecule has 29 heavy (non-hydrogen) atoms. The van der Waals surface area contributed by atoms with Gasteiger partial charge in [-0.15, -0.1) is 6.42 Å². The Bertz CT molecular complexity index is 857. The summed E-state index contributed by atoms with van der Waals surface area (Å²) in [5.74, 6) is 0.0215. The van der Waals surface area contributed by atoms with Crippen molar-refractivity contribution in [3.63, 3.8) is 0 Å². The number of hydrazone groups is 1. The molecule has 1 N–H and O–H groups in total. The summed E-state index contributed by atoms with van der Waals surface area (Å²) in [7, 11) is 0. The zero-order valence-corrected chi connectivity index (χ0v) is 17.1. The summed E-state index contributed by atoms with van der Waals surface area (Å²) in [5, 5.41) is 4.47. The first kappa shape index (κ1) is 22.5. The summed E-state index contributed by atoms with van der Waals surface area (Å²) in [4.78, 5) is 25.4. The number of nitrogens with one attached hydrogen (secondary N) is 1. The van der Waals surface area contributed by atoms with Gasteiger partial charge in [0.2, 0.25) is 0 Å². The van der Waals surface area contributed by atoms with Gasteiger partial charge in [0.25, 0.3) is 0 Å². The van der Waals surface area contributed by atoms with E-state index in [-0.39, 0.29) is 31.1 Å². The second-order valence-electron chi connectivity index (χ2n) is 6.13. The Morgan fingerprint density at radius 3 is 2.66 bits per heavy atom. The first-order chi connectivity index (χ1) is 14.0. The van der Waals surface area contributed by atoms with Gasteiger partial charge in [0.05, 0.1) is 18.1 Å². The van der Waals surface area contributed by atoms with Gasteiger partial charge in [-0.1, -0.05) is 42.6 Å². The maximum atomic E-state index is 12.9. The van der Waals surface area contributed by atoms with Crippen molar-refractivity contribution in [2.75, 3.05) is 26.4 Å². The van der Waals surface area contributed by atoms with Crippen molar-refractivity contribution in [1.82, 2.24) is 5.43 Å². The molecule has 0 saturated carbocycles. The molecule has 2 rings (SSSR count). The van der Waals surface area contributed by atoms with E-state index in [1.165, 1.54) is 0 Å². The van der Waals surface area contributed by atoms with E-state index < -0.39 is 17.9 Å². The summed E-state index contributed by atoms with van der Waals surface area (Å²) in [5.41, 5.74) is 3.85. The Balaban J connectivity index is 2.33. The molecule has 1 aliphatic rings. The molecule has 0 fully saturated rings. The van der Waals surface area contributed by atoms with Gasteiger partial charge in [-0.3, -0.25) is 5.43 Å². The maximum absolute atomic E-state index is 12.9. The van der Waals surface area contributed by atoms with Crippen LogP contribution in [0.15, 0.2) is 40.6 Å². The molecule has 0 amide bonds. The van der Waals surface area contributed by atoms with Crippen molar-refractivity contribution in [2.45, 2.75) is 26.2 Å². The molecule has 154 valence electrons. The van der Waals surface area contributed by atoms with E-state index in [2.05, 4.69) is 16.4 Å². The number of esters is 2. The summed E-state index contributed by atoms with van der Waals surface area (Å²) >= 11 is 6.36. The molecule has 1 aromatic rings. The van der Waals surface area contributed by atoms with Gasteiger partial charge in [0, 0.05) is 17.3 Å². The van der Waals surface area contributed by atoms with Crippen LogP contribution in [0.1, 0.15) is 31.7 Å². The number of ether oxygens (including phenoxy) is 3. The second kappa shape index (κ2) is 11.2. The number of benzene rings is 1. The van der Waals surface area contributed by atoms with E-state index in [4.69, 9.17) is 32.2 Å². The zero-order valence-electron chi connectivity index (χ0n) is 16.4. The lowest BCUT2D eigenvalue weighted by Crippen LogP contribution is -2.36. The fourth-order valence-corrected chi connectivity index (χ4v) is 3.01. The minimum Gasteiger partial charge on any atom is -0.460 e. The van der Waals surface area contributed by atoms with Crippen molar-refractivity contribution in [3.05, 3.63) is 46.1 Å². The van der Waals surface area contributed by atoms with Crippen molar-refractivity contribution in [2.24, 2.45) is 5.10 Å². The predicted molar refractivity (Wildman–Crippen MR) is 109 cm³/mol. The molecule has 1 heterocycles. The summed E-state index contributed by atoms with van der Waals surface area (Å²) in [6.45, 7) is 4.38. The molecule has 1 aliphatic heterocycles. The van der Waals surface area contributed by atoms with Gasteiger partial charge in [-0.05, 0) is 25.0 Å². The number of terminal acetylenes is 1. The smallest absolute Gasteiger partial charge is 0.356 e. The van der Waals surface area contributed by atoms with Crippen LogP contribution in [0.25, 0.3) is 0 Å². The molecule has 0 aliphatic carbocycles. The van der Waals surface area contributed by atoms with E-state index in [0.717, 1.165) is 6.42 Å². The van der Waals surface area contributed by atoms with Crippen LogP contribution in [0.2, 0.25) is 5.02 Å². The summed E-state index contributed by atoms with van der Waals surface area (Å²) in [6.07, 6.45) is 6.04. The Labute approximate surface area is 175 Å². The normalized spacial score (nSPS) is 15.8. The van der Waals surface area contributed by atoms with Gasteiger partial charge < -0.3 is 14.2 Å². The lowest BCUT2D eigenvalue weighted by Gasteiger charge is -2.27. The predicted octanol–water partition coefficient (Wildman–Crippen LogP) is 2.80. The fraction of sp³-hybridized carbons (Fsp3) is 0.381. The zero-order chi connectivity index (χ0) is 21.2. The van der Waals surface area contributed by atoms with Gasteiger partial charge in [0.1, 0.15) is 6.61 Å². The van der Waals surface area contributed by atoms with Gasteiger partial charge >= 0.3 is 11.9 Å². The van der Waals surface area contributed by atoms with Crippen LogP contribution in [0, 0.1) is 12.3 Å².